The van der Waals surface area contributed by atoms with Gasteiger partial charge in [-0.1, -0.05) is 57.3 Å². The minimum atomic E-state index is -0.562. The number of fused-ring (bicyclic) bond motifs is 2. The van der Waals surface area contributed by atoms with Crippen LogP contribution in [0.2, 0.25) is 10.0 Å². The molecule has 0 aliphatic carbocycles. The number of para-hydroxylation sites is 1. The third-order valence-electron chi connectivity index (χ3n) is 6.39. The molecule has 6 aromatic rings. The molecule has 0 amide bonds. The summed E-state index contributed by atoms with van der Waals surface area (Å²) in [6.45, 7) is 0.0132. The van der Waals surface area contributed by atoms with Gasteiger partial charge >= 0.3 is 5.69 Å². The largest absolute Gasteiger partial charge is 0.481 e. The van der Waals surface area contributed by atoms with Crippen LogP contribution >= 0.6 is 55.1 Å². The van der Waals surface area contributed by atoms with E-state index in [2.05, 4.69) is 41.9 Å². The van der Waals surface area contributed by atoms with Gasteiger partial charge in [-0.15, -0.1) is 0 Å². The molecule has 43 heavy (non-hydrogen) atoms. The number of hydrogen-bond acceptors (Lipinski definition) is 7. The van der Waals surface area contributed by atoms with Gasteiger partial charge in [0.25, 0.3) is 5.56 Å². The molecular weight excluding hydrogens is 727 g/mol. The summed E-state index contributed by atoms with van der Waals surface area (Å²) in [5.74, 6) is 0.514. The van der Waals surface area contributed by atoms with Gasteiger partial charge in [0.1, 0.15) is 12.2 Å². The molecule has 0 atom stereocenters. The number of ether oxygens (including phenoxy) is 1. The molecule has 4 aromatic carbocycles. The second-order valence-electron chi connectivity index (χ2n) is 9.25. The fourth-order valence-electron chi connectivity index (χ4n) is 4.38. The Hall–Kier alpha value is -4.03. The van der Waals surface area contributed by atoms with Crippen LogP contribution in [0.4, 0.5) is 5.69 Å². The predicted octanol–water partition coefficient (Wildman–Crippen LogP) is 9.01. The molecule has 0 fully saturated rings. The van der Waals surface area contributed by atoms with E-state index in [9.17, 15) is 14.9 Å². The van der Waals surface area contributed by atoms with Crippen LogP contribution in [0.5, 0.6) is 5.75 Å². The summed E-state index contributed by atoms with van der Waals surface area (Å²) in [6.07, 6.45) is 1.33. The number of nitro groups is 1. The lowest BCUT2D eigenvalue weighted by Gasteiger charge is -2.11. The molecule has 0 radical (unpaired) electrons. The molecule has 13 heteroatoms. The quantitative estimate of drug-likeness (QED) is 0.0917. The number of nitro benzene ring substituents is 1. The average molecular weight is 743 g/mol. The van der Waals surface area contributed by atoms with Gasteiger partial charge < -0.3 is 9.15 Å². The maximum absolute atomic E-state index is 13.6. The van der Waals surface area contributed by atoms with E-state index in [1.807, 2.05) is 12.1 Å². The Labute approximate surface area is 269 Å². The van der Waals surface area contributed by atoms with E-state index in [4.69, 9.17) is 32.4 Å². The zero-order chi connectivity index (χ0) is 30.2. The van der Waals surface area contributed by atoms with Gasteiger partial charge in [-0.2, -0.15) is 9.78 Å². The summed E-state index contributed by atoms with van der Waals surface area (Å²) >= 11 is 18.9. The van der Waals surface area contributed by atoms with Crippen molar-refractivity contribution in [3.63, 3.8) is 0 Å². The molecule has 9 nitrogen and oxygen atoms in total. The zero-order valence-electron chi connectivity index (χ0n) is 21.6. The molecule has 0 spiro atoms. The monoisotopic (exact) mass is 740 g/mol. The Morgan fingerprint density at radius 1 is 1.02 bits per heavy atom. The fourth-order valence-corrected chi connectivity index (χ4v) is 5.66. The third-order valence-corrected chi connectivity index (χ3v) is 8.21. The van der Waals surface area contributed by atoms with Crippen LogP contribution in [0.25, 0.3) is 33.5 Å². The van der Waals surface area contributed by atoms with Crippen molar-refractivity contribution in [2.24, 2.45) is 5.10 Å². The number of halogens is 4. The summed E-state index contributed by atoms with van der Waals surface area (Å²) < 4.78 is 14.1. The maximum atomic E-state index is 13.6. The Morgan fingerprint density at radius 2 is 1.84 bits per heavy atom. The highest BCUT2D eigenvalue weighted by Crippen LogP contribution is 2.37. The number of hydrogen-bond donors (Lipinski definition) is 0. The summed E-state index contributed by atoms with van der Waals surface area (Å²) in [4.78, 5) is 29.7. The first-order valence-corrected chi connectivity index (χ1v) is 14.8. The van der Waals surface area contributed by atoms with Crippen molar-refractivity contribution in [2.45, 2.75) is 6.61 Å². The summed E-state index contributed by atoms with van der Waals surface area (Å²) in [5, 5.41) is 18.3. The van der Waals surface area contributed by atoms with Gasteiger partial charge in [0, 0.05) is 21.5 Å². The lowest BCUT2D eigenvalue weighted by atomic mass is 10.2. The highest BCUT2D eigenvalue weighted by atomic mass is 79.9. The number of nitrogens with zero attached hydrogens (tertiary/aromatic N) is 4. The molecule has 0 aliphatic heterocycles. The molecule has 0 N–H and O–H groups in total. The van der Waals surface area contributed by atoms with Gasteiger partial charge in [-0.05, 0) is 76.1 Å². The Kier molecular flexibility index (Phi) is 8.06. The second-order valence-corrected chi connectivity index (χ2v) is 11.8. The third kappa shape index (κ3) is 5.94. The number of benzene rings is 4. The van der Waals surface area contributed by atoms with Gasteiger partial charge in [-0.25, -0.2) is 4.98 Å². The molecule has 0 unspecified atom stereocenters. The van der Waals surface area contributed by atoms with Crippen LogP contribution < -0.4 is 10.3 Å². The second kappa shape index (κ2) is 11.9. The van der Waals surface area contributed by atoms with Crippen LogP contribution in [-0.4, -0.2) is 20.8 Å². The molecule has 214 valence electrons. The van der Waals surface area contributed by atoms with Crippen molar-refractivity contribution in [3.05, 3.63) is 129 Å². The Balaban J connectivity index is 1.41. The van der Waals surface area contributed by atoms with Crippen LogP contribution in [0, 0.1) is 10.1 Å². The minimum absolute atomic E-state index is 0.0132. The van der Waals surface area contributed by atoms with Crippen LogP contribution in [0.3, 0.4) is 0 Å². The van der Waals surface area contributed by atoms with Crippen molar-refractivity contribution < 1.29 is 14.1 Å². The topological polar surface area (TPSA) is 113 Å². The van der Waals surface area contributed by atoms with E-state index < -0.39 is 10.5 Å². The molecule has 0 saturated heterocycles. The van der Waals surface area contributed by atoms with Gasteiger partial charge in [0.15, 0.2) is 5.76 Å². The van der Waals surface area contributed by atoms with Crippen LogP contribution in [-0.2, 0) is 6.61 Å². The zero-order valence-corrected chi connectivity index (χ0v) is 26.3. The van der Waals surface area contributed by atoms with Crippen molar-refractivity contribution >= 4 is 88.8 Å². The molecule has 0 aliphatic rings. The van der Waals surface area contributed by atoms with E-state index in [0.29, 0.717) is 47.9 Å². The minimum Gasteiger partial charge on any atom is -0.481 e. The molecule has 2 aromatic heterocycles. The van der Waals surface area contributed by atoms with Crippen molar-refractivity contribution in [1.29, 1.82) is 0 Å². The van der Waals surface area contributed by atoms with Crippen molar-refractivity contribution in [2.75, 3.05) is 0 Å². The van der Waals surface area contributed by atoms with E-state index in [-0.39, 0.29) is 23.9 Å². The van der Waals surface area contributed by atoms with E-state index in [0.717, 1.165) is 14.5 Å². The number of aromatic nitrogens is 2. The van der Waals surface area contributed by atoms with Gasteiger partial charge in [0.05, 0.1) is 36.6 Å². The van der Waals surface area contributed by atoms with E-state index in [1.165, 1.54) is 12.3 Å². The fraction of sp³-hybridized carbons (Fsp3) is 0.0333. The summed E-state index contributed by atoms with van der Waals surface area (Å²) in [7, 11) is 0. The first-order valence-electron chi connectivity index (χ1n) is 12.5. The predicted molar refractivity (Wildman–Crippen MR) is 173 cm³/mol. The molecule has 6 rings (SSSR count). The highest BCUT2D eigenvalue weighted by molar-refractivity contribution is 9.10. The highest BCUT2D eigenvalue weighted by Gasteiger charge is 2.21. The molecule has 0 bridgehead atoms. The number of furan rings is 1. The van der Waals surface area contributed by atoms with E-state index in [1.54, 1.807) is 60.7 Å². The Morgan fingerprint density at radius 3 is 2.63 bits per heavy atom. The lowest BCUT2D eigenvalue weighted by molar-refractivity contribution is -0.386. The lowest BCUT2D eigenvalue weighted by Crippen LogP contribution is -2.20. The normalized spacial score (nSPS) is 11.5. The molecule has 0 saturated carbocycles. The molecular formula is C30H16Br2Cl2N4O5. The number of rotatable bonds is 7. The molecule has 2 heterocycles. The van der Waals surface area contributed by atoms with Crippen molar-refractivity contribution in [1.82, 2.24) is 9.66 Å². The van der Waals surface area contributed by atoms with Crippen LogP contribution in [0.15, 0.2) is 102 Å². The average Bonchev–Trinajstić information content (AvgIpc) is 3.40. The Bertz CT molecular complexity index is 2160. The first kappa shape index (κ1) is 29.1. The maximum Gasteiger partial charge on any atom is 0.312 e. The van der Waals surface area contributed by atoms with Crippen molar-refractivity contribution in [3.8, 4) is 17.3 Å². The van der Waals surface area contributed by atoms with Gasteiger partial charge in [-0.3, -0.25) is 14.9 Å². The first-order chi connectivity index (χ1) is 20.7. The van der Waals surface area contributed by atoms with Gasteiger partial charge in [0.2, 0.25) is 11.6 Å². The summed E-state index contributed by atoms with van der Waals surface area (Å²) in [6, 6.07) is 22.0. The van der Waals surface area contributed by atoms with E-state index >= 15 is 0 Å². The standard InChI is InChI=1S/C30H16Br2Cl2N4O5/c31-19-6-8-26-18(12-19)13-27(43-26)29-36-24-4-2-1-3-20(24)30(39)37(29)35-14-17-9-21(32)28(25(11-17)38(40)41)42-15-16-5-7-22(33)23(34)10-16/h1-14H,15H2. The summed E-state index contributed by atoms with van der Waals surface area (Å²) in [5.41, 5.74) is 1.34. The van der Waals surface area contributed by atoms with Crippen LogP contribution in [0.1, 0.15) is 11.1 Å². The SMILES string of the molecule is O=c1c2ccccc2nc(-c2cc3cc(Br)ccc3o2)n1N=Cc1cc(Br)c(OCc2ccc(Cl)c(Cl)c2)c([N+](=O)[O-])c1. The smallest absolute Gasteiger partial charge is 0.312 e.